The second kappa shape index (κ2) is 4.98. The summed E-state index contributed by atoms with van der Waals surface area (Å²) in [5.74, 6) is 0. The first-order valence-corrected chi connectivity index (χ1v) is 6.91. The maximum Gasteiger partial charge on any atom is 0.0849 e. The number of hydrogen-bond donors (Lipinski definition) is 0. The van der Waals surface area contributed by atoms with Crippen LogP contribution in [0.4, 0.5) is 0 Å². The minimum atomic E-state index is 1.19. The van der Waals surface area contributed by atoms with Crippen LogP contribution in [0.1, 0.15) is 5.56 Å². The first-order chi connectivity index (χ1) is 8.84. The summed E-state index contributed by atoms with van der Waals surface area (Å²) in [6.07, 6.45) is 4.30. The lowest BCUT2D eigenvalue weighted by Crippen LogP contribution is -1.87. The first kappa shape index (κ1) is 11.5. The zero-order valence-corrected chi connectivity index (χ0v) is 11.9. The fraction of sp³-hybridized carbons (Fsp3) is 0. The molecule has 0 saturated heterocycles. The van der Waals surface area contributed by atoms with Crippen molar-refractivity contribution in [2.24, 2.45) is 0 Å². The molecule has 0 atom stereocenters. The van der Waals surface area contributed by atoms with E-state index in [0.29, 0.717) is 0 Å². The van der Waals surface area contributed by atoms with E-state index in [0.717, 1.165) is 0 Å². The third-order valence-corrected chi connectivity index (χ3v) is 3.75. The monoisotopic (exact) mass is 345 g/mol. The van der Waals surface area contributed by atoms with Crippen molar-refractivity contribution < 1.29 is 0 Å². The molecule has 0 saturated carbocycles. The summed E-state index contributed by atoms with van der Waals surface area (Å²) in [4.78, 5) is 0. The van der Waals surface area contributed by atoms with E-state index in [-0.39, 0.29) is 0 Å². The second-order valence-electron chi connectivity index (χ2n) is 4.12. The van der Waals surface area contributed by atoms with Crippen molar-refractivity contribution in [3.63, 3.8) is 0 Å². The predicted molar refractivity (Wildman–Crippen MR) is 86.6 cm³/mol. The van der Waals surface area contributed by atoms with Gasteiger partial charge in [0.25, 0.3) is 0 Å². The Labute approximate surface area is 120 Å². The smallest absolute Gasteiger partial charge is 0.0849 e. The molecule has 0 aliphatic heterocycles. The molecular formula is C16H12IN. The van der Waals surface area contributed by atoms with Gasteiger partial charge in [0.15, 0.2) is 0 Å². The van der Waals surface area contributed by atoms with Gasteiger partial charge in [0, 0.05) is 6.20 Å². The molecule has 1 nitrogen and oxygen atoms in total. The van der Waals surface area contributed by atoms with Crippen LogP contribution in [0.25, 0.3) is 20.7 Å². The van der Waals surface area contributed by atoms with Crippen molar-refractivity contribution in [2.45, 2.75) is 0 Å². The van der Waals surface area contributed by atoms with E-state index >= 15 is 0 Å². The Kier molecular flexibility index (Phi) is 3.19. The van der Waals surface area contributed by atoms with Gasteiger partial charge in [0.05, 0.1) is 9.22 Å². The number of hydrogen-bond acceptors (Lipinski definition) is 0. The second-order valence-corrected chi connectivity index (χ2v) is 5.23. The zero-order chi connectivity index (χ0) is 12.4. The van der Waals surface area contributed by atoms with Gasteiger partial charge >= 0.3 is 0 Å². The Bertz CT molecular complexity index is 695. The van der Waals surface area contributed by atoms with Gasteiger partial charge < -0.3 is 4.57 Å². The van der Waals surface area contributed by atoms with Gasteiger partial charge in [-0.1, -0.05) is 48.5 Å². The molecule has 18 heavy (non-hydrogen) atoms. The molecule has 1 aromatic heterocycles. The van der Waals surface area contributed by atoms with Gasteiger partial charge in [-0.25, -0.2) is 0 Å². The van der Waals surface area contributed by atoms with E-state index in [1.807, 2.05) is 6.07 Å². The molecule has 3 aromatic rings. The van der Waals surface area contributed by atoms with Gasteiger partial charge in [-0.05, 0) is 51.7 Å². The van der Waals surface area contributed by atoms with Crippen molar-refractivity contribution in [3.05, 3.63) is 72.4 Å². The Balaban J connectivity index is 2.07. The molecule has 3 rings (SSSR count). The van der Waals surface area contributed by atoms with Gasteiger partial charge in [-0.15, -0.1) is 0 Å². The minimum absolute atomic E-state index is 1.19. The van der Waals surface area contributed by atoms with Crippen LogP contribution < -0.4 is 0 Å². The molecule has 2 heteroatoms. The van der Waals surface area contributed by atoms with E-state index in [9.17, 15) is 0 Å². The molecule has 2 aromatic carbocycles. The lowest BCUT2D eigenvalue weighted by atomic mass is 10.2. The Morgan fingerprint density at radius 1 is 0.889 bits per heavy atom. The van der Waals surface area contributed by atoms with E-state index in [4.69, 9.17) is 0 Å². The summed E-state index contributed by atoms with van der Waals surface area (Å²) in [6.45, 7) is 0. The van der Waals surface area contributed by atoms with E-state index < -0.39 is 0 Å². The average Bonchev–Trinajstić information content (AvgIpc) is 2.84. The molecule has 0 amide bonds. The minimum Gasteiger partial charge on any atom is -0.311 e. The summed E-state index contributed by atoms with van der Waals surface area (Å²) in [6, 6.07) is 21.0. The lowest BCUT2D eigenvalue weighted by molar-refractivity contribution is 1.23. The lowest BCUT2D eigenvalue weighted by Gasteiger charge is -2.04. The number of rotatable bonds is 2. The molecule has 0 aliphatic rings. The zero-order valence-electron chi connectivity index (χ0n) is 9.75. The normalized spacial score (nSPS) is 11.9. The fourth-order valence-corrected chi connectivity index (χ4v) is 2.81. The summed E-state index contributed by atoms with van der Waals surface area (Å²) < 4.78 is 3.41. The van der Waals surface area contributed by atoms with Crippen molar-refractivity contribution in [1.82, 2.24) is 4.57 Å². The maximum atomic E-state index is 2.38. The summed E-state index contributed by atoms with van der Waals surface area (Å²) in [5.41, 5.74) is 2.47. The van der Waals surface area contributed by atoms with Crippen LogP contribution in [0.5, 0.6) is 0 Å². The van der Waals surface area contributed by atoms with Gasteiger partial charge in [0.2, 0.25) is 0 Å². The third-order valence-electron chi connectivity index (χ3n) is 2.91. The number of halogens is 1. The number of nitrogens with zero attached hydrogens (tertiary/aromatic N) is 1. The molecule has 0 N–H and O–H groups in total. The molecule has 0 unspecified atom stereocenters. The molecular weight excluding hydrogens is 333 g/mol. The van der Waals surface area contributed by atoms with Crippen LogP contribution in [-0.4, -0.2) is 4.57 Å². The molecule has 1 heterocycles. The average molecular weight is 345 g/mol. The summed E-state index contributed by atoms with van der Waals surface area (Å²) in [5, 5.41) is 1.27. The summed E-state index contributed by atoms with van der Waals surface area (Å²) >= 11 is 2.38. The number of fused-ring (bicyclic) bond motifs is 1. The van der Waals surface area contributed by atoms with E-state index in [1.54, 1.807) is 0 Å². The third kappa shape index (κ3) is 2.20. The molecule has 0 fully saturated rings. The van der Waals surface area contributed by atoms with Crippen LogP contribution in [0.2, 0.25) is 0 Å². The molecule has 0 bridgehead atoms. The van der Waals surface area contributed by atoms with Crippen molar-refractivity contribution >= 4 is 43.3 Å². The highest BCUT2D eigenvalue weighted by atomic mass is 127. The van der Waals surface area contributed by atoms with E-state index in [1.165, 1.54) is 20.2 Å². The van der Waals surface area contributed by atoms with Crippen LogP contribution >= 0.6 is 22.6 Å². The van der Waals surface area contributed by atoms with Gasteiger partial charge in [-0.2, -0.15) is 0 Å². The Morgan fingerprint density at radius 2 is 1.61 bits per heavy atom. The van der Waals surface area contributed by atoms with Gasteiger partial charge in [0.1, 0.15) is 0 Å². The maximum absolute atomic E-state index is 2.38. The number of benzene rings is 2. The van der Waals surface area contributed by atoms with Gasteiger partial charge in [-0.3, -0.25) is 0 Å². The van der Waals surface area contributed by atoms with Crippen LogP contribution in [0, 0.1) is 0 Å². The number of para-hydroxylation sites is 1. The highest BCUT2D eigenvalue weighted by Gasteiger charge is 2.02. The highest BCUT2D eigenvalue weighted by molar-refractivity contribution is 14.1. The van der Waals surface area contributed by atoms with Crippen LogP contribution in [0.3, 0.4) is 0 Å². The largest absolute Gasteiger partial charge is 0.311 e. The molecule has 0 spiro atoms. The van der Waals surface area contributed by atoms with Crippen molar-refractivity contribution in [3.8, 4) is 0 Å². The van der Waals surface area contributed by atoms with Crippen molar-refractivity contribution in [2.75, 3.05) is 0 Å². The first-order valence-electron chi connectivity index (χ1n) is 5.83. The highest BCUT2D eigenvalue weighted by Crippen LogP contribution is 2.25. The quantitative estimate of drug-likeness (QED) is 0.574. The Hall–Kier alpha value is -1.55. The SMILES string of the molecule is I/C(=C/c1ccccc1)n1ccc2ccccc21. The van der Waals surface area contributed by atoms with Crippen LogP contribution in [0.15, 0.2) is 66.9 Å². The fourth-order valence-electron chi connectivity index (χ4n) is 2.03. The predicted octanol–water partition coefficient (Wildman–Crippen LogP) is 5.03. The van der Waals surface area contributed by atoms with Crippen LogP contribution in [-0.2, 0) is 0 Å². The molecule has 0 radical (unpaired) electrons. The van der Waals surface area contributed by atoms with E-state index in [2.05, 4.69) is 94.0 Å². The summed E-state index contributed by atoms with van der Waals surface area (Å²) in [7, 11) is 0. The molecule has 88 valence electrons. The number of aromatic nitrogens is 1. The molecule has 0 aliphatic carbocycles. The Morgan fingerprint density at radius 3 is 2.44 bits per heavy atom. The topological polar surface area (TPSA) is 4.93 Å². The standard InChI is InChI=1S/C16H12IN/c17-16(12-13-6-2-1-3-7-13)18-11-10-14-8-4-5-9-15(14)18/h1-12H/b16-12-. The van der Waals surface area contributed by atoms with Crippen molar-refractivity contribution in [1.29, 1.82) is 0 Å².